The molecule has 0 fully saturated rings. The molecule has 0 aliphatic heterocycles. The highest BCUT2D eigenvalue weighted by molar-refractivity contribution is 5.24. The lowest BCUT2D eigenvalue weighted by Crippen LogP contribution is -2.00. The largest absolute Gasteiger partial charge is 0.377 e. The van der Waals surface area contributed by atoms with Crippen molar-refractivity contribution in [3.63, 3.8) is 0 Å². The highest BCUT2D eigenvalue weighted by Gasteiger charge is 2.08. The lowest BCUT2D eigenvalue weighted by molar-refractivity contribution is 0.0950. The quantitative estimate of drug-likeness (QED) is 0.680. The van der Waals surface area contributed by atoms with Crippen LogP contribution in [0.1, 0.15) is 50.3 Å². The maximum Gasteiger partial charge on any atom is 0.0821 e. The lowest BCUT2D eigenvalue weighted by atomic mass is 10.0. The first-order chi connectivity index (χ1) is 7.31. The second-order valence-electron chi connectivity index (χ2n) is 4.00. The Bertz CT molecular complexity index is 263. The van der Waals surface area contributed by atoms with Gasteiger partial charge in [0.1, 0.15) is 0 Å². The van der Waals surface area contributed by atoms with Gasteiger partial charge < -0.3 is 4.74 Å². The van der Waals surface area contributed by atoms with E-state index in [0.717, 1.165) is 12.8 Å². The molecule has 1 heteroatoms. The van der Waals surface area contributed by atoms with E-state index in [1.54, 1.807) is 7.11 Å². The lowest BCUT2D eigenvalue weighted by Gasteiger charge is -2.15. The van der Waals surface area contributed by atoms with Crippen molar-refractivity contribution in [2.45, 2.75) is 45.6 Å². The van der Waals surface area contributed by atoms with E-state index >= 15 is 0 Å². The van der Waals surface area contributed by atoms with Crippen molar-refractivity contribution in [1.82, 2.24) is 0 Å². The highest BCUT2D eigenvalue weighted by Crippen LogP contribution is 2.22. The standard InChI is InChI=1S/C14H22O/c1-4-6-12-8-10-13(11-9-12)14(15-3)7-5-2/h8-11,14H,4-7H2,1-3H3. The SMILES string of the molecule is CCCc1ccc(C(CCC)OC)cc1. The topological polar surface area (TPSA) is 9.23 Å². The summed E-state index contributed by atoms with van der Waals surface area (Å²) < 4.78 is 5.48. The molecule has 1 aromatic rings. The number of methoxy groups -OCH3 is 1. The van der Waals surface area contributed by atoms with E-state index in [1.165, 1.54) is 24.0 Å². The summed E-state index contributed by atoms with van der Waals surface area (Å²) >= 11 is 0. The molecule has 0 aliphatic rings. The third-order valence-corrected chi connectivity index (χ3v) is 2.73. The molecule has 84 valence electrons. The first-order valence-electron chi connectivity index (χ1n) is 5.93. The van der Waals surface area contributed by atoms with E-state index in [-0.39, 0.29) is 6.10 Å². The molecule has 1 nitrogen and oxygen atoms in total. The van der Waals surface area contributed by atoms with Gasteiger partial charge in [0.2, 0.25) is 0 Å². The summed E-state index contributed by atoms with van der Waals surface area (Å²) in [4.78, 5) is 0. The van der Waals surface area contributed by atoms with Crippen LogP contribution in [-0.2, 0) is 11.2 Å². The summed E-state index contributed by atoms with van der Waals surface area (Å²) in [6, 6.07) is 8.85. The number of hydrogen-bond donors (Lipinski definition) is 0. The Hall–Kier alpha value is -0.820. The second kappa shape index (κ2) is 6.62. The average molecular weight is 206 g/mol. The van der Waals surface area contributed by atoms with Gasteiger partial charge in [-0.3, -0.25) is 0 Å². The maximum absolute atomic E-state index is 5.48. The fourth-order valence-electron chi connectivity index (χ4n) is 1.87. The molecule has 15 heavy (non-hydrogen) atoms. The number of ether oxygens (including phenoxy) is 1. The molecule has 0 saturated heterocycles. The molecule has 1 unspecified atom stereocenters. The van der Waals surface area contributed by atoms with Crippen LogP contribution in [0.2, 0.25) is 0 Å². The Labute approximate surface area is 93.5 Å². The monoisotopic (exact) mass is 206 g/mol. The van der Waals surface area contributed by atoms with Crippen LogP contribution in [-0.4, -0.2) is 7.11 Å². The van der Waals surface area contributed by atoms with Gasteiger partial charge in [0.25, 0.3) is 0 Å². The van der Waals surface area contributed by atoms with E-state index < -0.39 is 0 Å². The van der Waals surface area contributed by atoms with Crippen LogP contribution >= 0.6 is 0 Å². The Morgan fingerprint density at radius 2 is 1.73 bits per heavy atom. The zero-order valence-electron chi connectivity index (χ0n) is 10.1. The Morgan fingerprint density at radius 1 is 1.07 bits per heavy atom. The van der Waals surface area contributed by atoms with Gasteiger partial charge >= 0.3 is 0 Å². The zero-order valence-corrected chi connectivity index (χ0v) is 10.1. The van der Waals surface area contributed by atoms with E-state index in [2.05, 4.69) is 38.1 Å². The summed E-state index contributed by atoms with van der Waals surface area (Å²) in [5, 5.41) is 0. The summed E-state index contributed by atoms with van der Waals surface area (Å²) in [6.45, 7) is 4.40. The van der Waals surface area contributed by atoms with Crippen molar-refractivity contribution in [2.75, 3.05) is 7.11 Å². The highest BCUT2D eigenvalue weighted by atomic mass is 16.5. The molecule has 1 aromatic carbocycles. The van der Waals surface area contributed by atoms with Crippen LogP contribution < -0.4 is 0 Å². The molecule has 0 aliphatic carbocycles. The van der Waals surface area contributed by atoms with E-state index in [1.807, 2.05) is 0 Å². The normalized spacial score (nSPS) is 12.7. The van der Waals surface area contributed by atoms with Gasteiger partial charge in [0, 0.05) is 7.11 Å². The van der Waals surface area contributed by atoms with Crippen molar-refractivity contribution < 1.29 is 4.74 Å². The minimum Gasteiger partial charge on any atom is -0.377 e. The second-order valence-corrected chi connectivity index (χ2v) is 4.00. The molecular weight excluding hydrogens is 184 g/mol. The first-order valence-corrected chi connectivity index (χ1v) is 5.93. The molecule has 1 atom stereocenters. The van der Waals surface area contributed by atoms with Crippen LogP contribution in [0.4, 0.5) is 0 Å². The molecule has 0 radical (unpaired) electrons. The summed E-state index contributed by atoms with van der Waals surface area (Å²) in [5.74, 6) is 0. The predicted molar refractivity (Wildman–Crippen MR) is 65.1 cm³/mol. The van der Waals surface area contributed by atoms with Gasteiger partial charge in [-0.25, -0.2) is 0 Å². The fourth-order valence-corrected chi connectivity index (χ4v) is 1.87. The summed E-state index contributed by atoms with van der Waals surface area (Å²) in [6.07, 6.45) is 4.91. The number of rotatable bonds is 6. The van der Waals surface area contributed by atoms with Gasteiger partial charge in [-0.05, 0) is 24.0 Å². The predicted octanol–water partition coefficient (Wildman–Crippen LogP) is 4.13. The molecule has 0 heterocycles. The average Bonchev–Trinajstić information content (AvgIpc) is 2.28. The van der Waals surface area contributed by atoms with E-state index in [4.69, 9.17) is 4.74 Å². The molecule has 0 aromatic heterocycles. The Kier molecular flexibility index (Phi) is 5.41. The fraction of sp³-hybridized carbons (Fsp3) is 0.571. The van der Waals surface area contributed by atoms with Crippen LogP contribution in [0, 0.1) is 0 Å². The van der Waals surface area contributed by atoms with Crippen LogP contribution in [0.3, 0.4) is 0 Å². The molecule has 0 bridgehead atoms. The van der Waals surface area contributed by atoms with E-state index in [9.17, 15) is 0 Å². The van der Waals surface area contributed by atoms with Crippen LogP contribution in [0.25, 0.3) is 0 Å². The van der Waals surface area contributed by atoms with Gasteiger partial charge in [-0.1, -0.05) is 51.0 Å². The first kappa shape index (κ1) is 12.3. The molecule has 0 amide bonds. The number of aryl methyl sites for hydroxylation is 1. The molecular formula is C14H22O. The van der Waals surface area contributed by atoms with E-state index in [0.29, 0.717) is 0 Å². The van der Waals surface area contributed by atoms with Gasteiger partial charge in [0.15, 0.2) is 0 Å². The minimum absolute atomic E-state index is 0.269. The van der Waals surface area contributed by atoms with Gasteiger partial charge in [0.05, 0.1) is 6.10 Å². The van der Waals surface area contributed by atoms with Crippen LogP contribution in [0.15, 0.2) is 24.3 Å². The van der Waals surface area contributed by atoms with Crippen molar-refractivity contribution >= 4 is 0 Å². The summed E-state index contributed by atoms with van der Waals surface area (Å²) in [7, 11) is 1.79. The van der Waals surface area contributed by atoms with Crippen molar-refractivity contribution in [2.24, 2.45) is 0 Å². The Morgan fingerprint density at radius 3 is 2.20 bits per heavy atom. The molecule has 1 rings (SSSR count). The smallest absolute Gasteiger partial charge is 0.0821 e. The van der Waals surface area contributed by atoms with Crippen molar-refractivity contribution in [3.05, 3.63) is 35.4 Å². The van der Waals surface area contributed by atoms with Gasteiger partial charge in [-0.15, -0.1) is 0 Å². The van der Waals surface area contributed by atoms with Gasteiger partial charge in [-0.2, -0.15) is 0 Å². The molecule has 0 spiro atoms. The molecule has 0 saturated carbocycles. The third kappa shape index (κ3) is 3.67. The summed E-state index contributed by atoms with van der Waals surface area (Å²) in [5.41, 5.74) is 2.73. The number of hydrogen-bond acceptors (Lipinski definition) is 1. The van der Waals surface area contributed by atoms with Crippen molar-refractivity contribution in [1.29, 1.82) is 0 Å². The molecule has 0 N–H and O–H groups in total. The van der Waals surface area contributed by atoms with Crippen LogP contribution in [0.5, 0.6) is 0 Å². The zero-order chi connectivity index (χ0) is 11.1. The minimum atomic E-state index is 0.269. The maximum atomic E-state index is 5.48. The van der Waals surface area contributed by atoms with Crippen molar-refractivity contribution in [3.8, 4) is 0 Å². The Balaban J connectivity index is 2.68. The third-order valence-electron chi connectivity index (χ3n) is 2.73. The number of benzene rings is 1.